The number of carbonyl (C=O) groups excluding carboxylic acids is 1. The van der Waals surface area contributed by atoms with Crippen molar-refractivity contribution >= 4 is 23.2 Å². The van der Waals surface area contributed by atoms with E-state index in [1.807, 2.05) is 6.92 Å². The van der Waals surface area contributed by atoms with E-state index in [-0.39, 0.29) is 11.6 Å². The number of aromatic nitrogens is 3. The highest BCUT2D eigenvalue weighted by Gasteiger charge is 2.15. The van der Waals surface area contributed by atoms with Crippen molar-refractivity contribution in [3.05, 3.63) is 41.4 Å². The van der Waals surface area contributed by atoms with Crippen LogP contribution in [0.2, 0.25) is 5.02 Å². The molecule has 0 aromatic carbocycles. The first-order valence-corrected chi connectivity index (χ1v) is 5.53. The minimum atomic E-state index is -0.326. The number of rotatable bonds is 3. The summed E-state index contributed by atoms with van der Waals surface area (Å²) in [5.74, 6) is -0.326. The van der Waals surface area contributed by atoms with Crippen LogP contribution in [-0.4, -0.2) is 20.7 Å². The molecule has 0 saturated heterocycles. The number of aryl methyl sites for hydroxylation is 1. The van der Waals surface area contributed by atoms with Crippen molar-refractivity contribution in [2.24, 2.45) is 0 Å². The number of nitrogens with zero attached hydrogens (tertiary/aromatic N) is 3. The summed E-state index contributed by atoms with van der Waals surface area (Å²) in [5, 5.41) is 7.12. The maximum absolute atomic E-state index is 11.9. The molecule has 0 aliphatic rings. The van der Waals surface area contributed by atoms with Gasteiger partial charge in [-0.2, -0.15) is 5.10 Å². The fourth-order valence-electron chi connectivity index (χ4n) is 1.34. The highest BCUT2D eigenvalue weighted by molar-refractivity contribution is 6.34. The predicted molar refractivity (Wildman–Crippen MR) is 65.1 cm³/mol. The Hall–Kier alpha value is -1.88. The Morgan fingerprint density at radius 2 is 2.18 bits per heavy atom. The third-order valence-corrected chi connectivity index (χ3v) is 2.47. The second-order valence-corrected chi connectivity index (χ2v) is 3.78. The molecule has 0 spiro atoms. The molecule has 0 radical (unpaired) electrons. The molecule has 1 amide bonds. The van der Waals surface area contributed by atoms with Crippen LogP contribution in [0.5, 0.6) is 0 Å². The number of nitrogens with one attached hydrogen (secondary N) is 1. The van der Waals surface area contributed by atoms with Gasteiger partial charge in [-0.1, -0.05) is 11.6 Å². The van der Waals surface area contributed by atoms with Crippen LogP contribution in [-0.2, 0) is 6.54 Å². The summed E-state index contributed by atoms with van der Waals surface area (Å²) in [5.41, 5.74) is 0.887. The summed E-state index contributed by atoms with van der Waals surface area (Å²) in [6.45, 7) is 2.59. The zero-order valence-electron chi connectivity index (χ0n) is 9.22. The van der Waals surface area contributed by atoms with Crippen LogP contribution in [0, 0.1) is 0 Å². The molecule has 6 heteroatoms. The molecule has 0 atom stereocenters. The van der Waals surface area contributed by atoms with E-state index < -0.39 is 0 Å². The van der Waals surface area contributed by atoms with Crippen LogP contribution in [0.4, 0.5) is 5.69 Å². The Labute approximate surface area is 103 Å². The fourth-order valence-corrected chi connectivity index (χ4v) is 1.57. The average molecular weight is 251 g/mol. The quantitative estimate of drug-likeness (QED) is 0.909. The highest BCUT2D eigenvalue weighted by Crippen LogP contribution is 2.15. The SMILES string of the molecule is CCn1cc(Cl)c(C(=O)Nc2ccncc2)n1. The lowest BCUT2D eigenvalue weighted by Crippen LogP contribution is -2.13. The van der Waals surface area contributed by atoms with E-state index >= 15 is 0 Å². The van der Waals surface area contributed by atoms with E-state index in [1.54, 1.807) is 35.4 Å². The van der Waals surface area contributed by atoms with Crippen LogP contribution < -0.4 is 5.32 Å². The van der Waals surface area contributed by atoms with Crippen LogP contribution >= 0.6 is 11.6 Å². The van der Waals surface area contributed by atoms with Gasteiger partial charge in [0.25, 0.3) is 5.91 Å². The van der Waals surface area contributed by atoms with Gasteiger partial charge >= 0.3 is 0 Å². The van der Waals surface area contributed by atoms with Gasteiger partial charge in [0.2, 0.25) is 0 Å². The van der Waals surface area contributed by atoms with Crippen molar-refractivity contribution in [1.82, 2.24) is 14.8 Å². The highest BCUT2D eigenvalue weighted by atomic mass is 35.5. The standard InChI is InChI=1S/C11H11ClN4O/c1-2-16-7-9(12)10(15-16)11(17)14-8-3-5-13-6-4-8/h3-7H,2H2,1H3,(H,13,14,17). The number of carbonyl (C=O) groups is 1. The Balaban J connectivity index is 2.17. The largest absolute Gasteiger partial charge is 0.320 e. The smallest absolute Gasteiger partial charge is 0.277 e. The van der Waals surface area contributed by atoms with Crippen LogP contribution in [0.25, 0.3) is 0 Å². The molecule has 1 N–H and O–H groups in total. The number of pyridine rings is 1. The maximum Gasteiger partial charge on any atom is 0.277 e. The van der Waals surface area contributed by atoms with E-state index in [0.29, 0.717) is 17.3 Å². The van der Waals surface area contributed by atoms with E-state index in [2.05, 4.69) is 15.4 Å². The maximum atomic E-state index is 11.9. The molecule has 5 nitrogen and oxygen atoms in total. The molecule has 0 aliphatic heterocycles. The molecule has 0 fully saturated rings. The topological polar surface area (TPSA) is 59.8 Å². The van der Waals surface area contributed by atoms with Crippen molar-refractivity contribution < 1.29 is 4.79 Å². The molecule has 2 heterocycles. The Bertz CT molecular complexity index is 524. The lowest BCUT2D eigenvalue weighted by Gasteiger charge is -2.02. The van der Waals surface area contributed by atoms with Gasteiger partial charge in [0.1, 0.15) is 0 Å². The van der Waals surface area contributed by atoms with Gasteiger partial charge in [0, 0.05) is 30.8 Å². The van der Waals surface area contributed by atoms with Gasteiger partial charge in [-0.05, 0) is 19.1 Å². The predicted octanol–water partition coefficient (Wildman–Crippen LogP) is 2.20. The fraction of sp³-hybridized carbons (Fsp3) is 0.182. The van der Waals surface area contributed by atoms with Gasteiger partial charge in [0.15, 0.2) is 5.69 Å². The van der Waals surface area contributed by atoms with Crippen LogP contribution in [0.1, 0.15) is 17.4 Å². The summed E-state index contributed by atoms with van der Waals surface area (Å²) in [6, 6.07) is 3.39. The number of hydrogen-bond donors (Lipinski definition) is 1. The Kier molecular flexibility index (Phi) is 3.39. The van der Waals surface area contributed by atoms with Gasteiger partial charge < -0.3 is 5.32 Å². The van der Waals surface area contributed by atoms with Crippen molar-refractivity contribution in [1.29, 1.82) is 0 Å². The van der Waals surface area contributed by atoms with Gasteiger partial charge in [-0.15, -0.1) is 0 Å². The molecule has 88 valence electrons. The third kappa shape index (κ3) is 2.62. The van der Waals surface area contributed by atoms with Gasteiger partial charge in [0.05, 0.1) is 5.02 Å². The summed E-state index contributed by atoms with van der Waals surface area (Å²) in [6.07, 6.45) is 4.83. The number of anilines is 1. The summed E-state index contributed by atoms with van der Waals surface area (Å²) in [7, 11) is 0. The van der Waals surface area contributed by atoms with E-state index in [1.165, 1.54) is 0 Å². The number of hydrogen-bond acceptors (Lipinski definition) is 3. The molecule has 2 aromatic rings. The monoisotopic (exact) mass is 250 g/mol. The van der Waals surface area contributed by atoms with E-state index in [0.717, 1.165) is 0 Å². The Morgan fingerprint density at radius 1 is 1.47 bits per heavy atom. The lowest BCUT2D eigenvalue weighted by atomic mass is 10.3. The first-order chi connectivity index (χ1) is 8.20. The van der Waals surface area contributed by atoms with Gasteiger partial charge in [-0.3, -0.25) is 14.5 Å². The average Bonchev–Trinajstić information content (AvgIpc) is 2.72. The molecule has 2 rings (SSSR count). The summed E-state index contributed by atoms with van der Waals surface area (Å²) in [4.78, 5) is 15.7. The number of amides is 1. The third-order valence-electron chi connectivity index (χ3n) is 2.19. The van der Waals surface area contributed by atoms with E-state index in [4.69, 9.17) is 11.6 Å². The normalized spacial score (nSPS) is 10.2. The zero-order chi connectivity index (χ0) is 12.3. The second kappa shape index (κ2) is 4.97. The number of halogens is 1. The van der Waals surface area contributed by atoms with Crippen molar-refractivity contribution in [2.75, 3.05) is 5.32 Å². The minimum absolute atomic E-state index is 0.227. The molecule has 0 saturated carbocycles. The molecule has 2 aromatic heterocycles. The van der Waals surface area contributed by atoms with Gasteiger partial charge in [-0.25, -0.2) is 0 Å². The molecular weight excluding hydrogens is 240 g/mol. The summed E-state index contributed by atoms with van der Waals surface area (Å²) < 4.78 is 1.61. The Morgan fingerprint density at radius 3 is 2.76 bits per heavy atom. The van der Waals surface area contributed by atoms with E-state index in [9.17, 15) is 4.79 Å². The zero-order valence-corrected chi connectivity index (χ0v) is 9.98. The lowest BCUT2D eigenvalue weighted by molar-refractivity contribution is 0.102. The van der Waals surface area contributed by atoms with Crippen molar-refractivity contribution in [2.45, 2.75) is 13.5 Å². The molecule has 0 unspecified atom stereocenters. The first-order valence-electron chi connectivity index (χ1n) is 5.15. The van der Waals surface area contributed by atoms with Crippen molar-refractivity contribution in [3.8, 4) is 0 Å². The van der Waals surface area contributed by atoms with Crippen molar-refractivity contribution in [3.63, 3.8) is 0 Å². The first kappa shape index (κ1) is 11.6. The molecule has 0 bridgehead atoms. The van der Waals surface area contributed by atoms with Crippen LogP contribution in [0.3, 0.4) is 0 Å². The molecule has 17 heavy (non-hydrogen) atoms. The summed E-state index contributed by atoms with van der Waals surface area (Å²) >= 11 is 5.93. The second-order valence-electron chi connectivity index (χ2n) is 3.37. The van der Waals surface area contributed by atoms with Crippen LogP contribution in [0.15, 0.2) is 30.7 Å². The molecule has 0 aliphatic carbocycles. The molecular formula is C11H11ClN4O. The minimum Gasteiger partial charge on any atom is -0.320 e.